The van der Waals surface area contributed by atoms with E-state index in [9.17, 15) is 14.0 Å². The van der Waals surface area contributed by atoms with Gasteiger partial charge in [0, 0.05) is 30.6 Å². The highest BCUT2D eigenvalue weighted by molar-refractivity contribution is 6.30. The van der Waals surface area contributed by atoms with E-state index in [1.54, 1.807) is 12.3 Å². The highest BCUT2D eigenvalue weighted by atomic mass is 35.5. The molecule has 2 aromatic rings. The van der Waals surface area contributed by atoms with Crippen LogP contribution in [0.1, 0.15) is 48.2 Å². The number of nitrogens with one attached hydrogen (secondary N) is 1. The van der Waals surface area contributed by atoms with Crippen molar-refractivity contribution in [1.82, 2.24) is 10.3 Å². The van der Waals surface area contributed by atoms with Crippen molar-refractivity contribution in [2.24, 2.45) is 5.41 Å². The highest BCUT2D eigenvalue weighted by Crippen LogP contribution is 2.69. The Morgan fingerprint density at radius 1 is 1.26 bits per heavy atom. The van der Waals surface area contributed by atoms with Gasteiger partial charge in [-0.1, -0.05) is 17.7 Å². The van der Waals surface area contributed by atoms with E-state index in [2.05, 4.69) is 16.4 Å². The number of aryl methyl sites for hydroxylation is 1. The zero-order valence-corrected chi connectivity index (χ0v) is 17.5. The molecular weight excluding hydrogens is 421 g/mol. The zero-order chi connectivity index (χ0) is 22.1. The third kappa shape index (κ3) is 4.54. The second kappa shape index (κ2) is 8.27. The topological polar surface area (TPSA) is 92.1 Å². The summed E-state index contributed by atoms with van der Waals surface area (Å²) in [6.45, 7) is -0.121. The number of carbonyl (C=O) groups is 2. The molecule has 1 N–H and O–H groups in total. The zero-order valence-electron chi connectivity index (χ0n) is 16.8. The van der Waals surface area contributed by atoms with Crippen molar-refractivity contribution in [2.45, 2.75) is 44.1 Å². The summed E-state index contributed by atoms with van der Waals surface area (Å²) in [4.78, 5) is 29.0. The Morgan fingerprint density at radius 3 is 2.68 bits per heavy atom. The van der Waals surface area contributed by atoms with Crippen molar-refractivity contribution in [3.8, 4) is 11.8 Å². The molecule has 0 atom stereocenters. The molecule has 0 saturated heterocycles. The minimum atomic E-state index is -0.588. The number of hydrogen-bond donors (Lipinski definition) is 1. The molecule has 3 aliphatic rings. The number of ether oxygens (including phenoxy) is 1. The van der Waals surface area contributed by atoms with Gasteiger partial charge in [0.15, 0.2) is 5.78 Å². The van der Waals surface area contributed by atoms with Crippen LogP contribution in [0.5, 0.6) is 5.75 Å². The fraction of sp³-hybridized carbons (Fsp3) is 0.391. The smallest absolute Gasteiger partial charge is 0.270 e. The minimum absolute atomic E-state index is 0.00466. The van der Waals surface area contributed by atoms with Crippen molar-refractivity contribution < 1.29 is 18.7 Å². The Hall–Kier alpha value is -2.98. The van der Waals surface area contributed by atoms with Crippen LogP contribution in [-0.4, -0.2) is 28.8 Å². The number of rotatable bonds is 9. The number of aromatic nitrogens is 1. The van der Waals surface area contributed by atoms with Crippen LogP contribution in [0.15, 0.2) is 36.5 Å². The molecule has 1 amide bonds. The molecule has 0 radical (unpaired) electrons. The lowest BCUT2D eigenvalue weighted by Gasteiger charge is -2.70. The molecule has 1 heterocycles. The molecule has 8 heteroatoms. The fourth-order valence-electron chi connectivity index (χ4n) is 4.73. The molecule has 3 aliphatic carbocycles. The quantitative estimate of drug-likeness (QED) is 0.634. The molecule has 3 fully saturated rings. The second-order valence-corrected chi connectivity index (χ2v) is 8.96. The van der Waals surface area contributed by atoms with E-state index in [1.807, 2.05) is 6.07 Å². The lowest BCUT2D eigenvalue weighted by molar-refractivity contribution is -0.162. The first kappa shape index (κ1) is 21.3. The molecular formula is C23H21ClFN3O3. The van der Waals surface area contributed by atoms with Crippen LogP contribution in [-0.2, 0) is 11.2 Å². The summed E-state index contributed by atoms with van der Waals surface area (Å²) in [5, 5.41) is 11.7. The van der Waals surface area contributed by atoms with E-state index in [0.717, 1.165) is 30.9 Å². The van der Waals surface area contributed by atoms with Crippen LogP contribution < -0.4 is 10.1 Å². The number of halogens is 2. The van der Waals surface area contributed by atoms with Crippen molar-refractivity contribution in [1.29, 1.82) is 5.26 Å². The first-order valence-corrected chi connectivity index (χ1v) is 10.4. The normalized spacial score (nSPS) is 23.1. The molecule has 0 spiro atoms. The van der Waals surface area contributed by atoms with Gasteiger partial charge < -0.3 is 10.1 Å². The summed E-state index contributed by atoms with van der Waals surface area (Å²) in [5.41, 5.74) is 0.940. The van der Waals surface area contributed by atoms with Gasteiger partial charge in [-0.15, -0.1) is 0 Å². The second-order valence-electron chi connectivity index (χ2n) is 8.55. The van der Waals surface area contributed by atoms with E-state index in [0.29, 0.717) is 25.0 Å². The van der Waals surface area contributed by atoms with Gasteiger partial charge in [0.2, 0.25) is 0 Å². The Balaban J connectivity index is 1.22. The molecule has 1 aromatic heterocycles. The van der Waals surface area contributed by atoms with Gasteiger partial charge in [-0.25, -0.2) is 4.39 Å². The van der Waals surface area contributed by atoms with E-state index in [4.69, 9.17) is 21.6 Å². The molecule has 3 saturated carbocycles. The molecule has 0 aliphatic heterocycles. The van der Waals surface area contributed by atoms with Crippen LogP contribution in [0.2, 0.25) is 5.02 Å². The number of ketones is 1. The standard InChI is InChI=1S/C23H21ClFN3O3/c24-18-5-4-17(8-19(18)25)31-11-16(29)9-22-12-23(13-22,14-22)28-21(30)20-6-3-15(10-27-20)2-1-7-26/h3-6,8,10H,1-2,9,11-14H2,(H,28,30). The molecule has 0 unspecified atom stereocenters. The van der Waals surface area contributed by atoms with E-state index >= 15 is 0 Å². The summed E-state index contributed by atoms with van der Waals surface area (Å²) in [5.74, 6) is -0.595. The first-order chi connectivity index (χ1) is 14.8. The maximum absolute atomic E-state index is 13.4. The monoisotopic (exact) mass is 441 g/mol. The van der Waals surface area contributed by atoms with Gasteiger partial charge in [-0.05, 0) is 54.9 Å². The van der Waals surface area contributed by atoms with Crippen molar-refractivity contribution in [2.75, 3.05) is 6.61 Å². The Labute approximate surface area is 184 Å². The highest BCUT2D eigenvalue weighted by Gasteiger charge is 2.68. The van der Waals surface area contributed by atoms with Gasteiger partial charge in [0.25, 0.3) is 5.91 Å². The summed E-state index contributed by atoms with van der Waals surface area (Å²) in [7, 11) is 0. The van der Waals surface area contributed by atoms with Gasteiger partial charge >= 0.3 is 0 Å². The average molecular weight is 442 g/mol. The van der Waals surface area contributed by atoms with Crippen LogP contribution >= 0.6 is 11.6 Å². The fourth-order valence-corrected chi connectivity index (χ4v) is 4.85. The van der Waals surface area contributed by atoms with Crippen molar-refractivity contribution in [3.05, 3.63) is 58.6 Å². The molecule has 5 rings (SSSR count). The number of Topliss-reactive ketones (excluding diaryl/α,β-unsaturated/α-hetero) is 1. The maximum atomic E-state index is 13.4. The third-order valence-electron chi connectivity index (χ3n) is 5.96. The van der Waals surface area contributed by atoms with Gasteiger partial charge in [0.05, 0.1) is 11.1 Å². The largest absolute Gasteiger partial charge is 0.486 e. The summed E-state index contributed by atoms with van der Waals surface area (Å²) < 4.78 is 18.8. The van der Waals surface area contributed by atoms with Crippen molar-refractivity contribution in [3.63, 3.8) is 0 Å². The molecule has 2 bridgehead atoms. The lowest BCUT2D eigenvalue weighted by atomic mass is 9.38. The summed E-state index contributed by atoms with van der Waals surface area (Å²) in [6.07, 6.45) is 5.31. The molecule has 160 valence electrons. The average Bonchev–Trinajstić information content (AvgIpc) is 2.71. The van der Waals surface area contributed by atoms with Crippen molar-refractivity contribution >= 4 is 23.3 Å². The van der Waals surface area contributed by atoms with Crippen LogP contribution in [0.3, 0.4) is 0 Å². The van der Waals surface area contributed by atoms with E-state index in [-0.39, 0.29) is 40.0 Å². The molecule has 1 aromatic carbocycles. The molecule has 6 nitrogen and oxygen atoms in total. The predicted octanol–water partition coefficient (Wildman–Crippen LogP) is 4.02. The van der Waals surface area contributed by atoms with Gasteiger partial charge in [-0.2, -0.15) is 5.26 Å². The number of benzene rings is 1. The summed E-state index contributed by atoms with van der Waals surface area (Å²) in [6, 6.07) is 9.64. The van der Waals surface area contributed by atoms with Crippen LogP contribution in [0.4, 0.5) is 4.39 Å². The van der Waals surface area contributed by atoms with E-state index in [1.165, 1.54) is 12.1 Å². The Bertz CT molecular complexity index is 1040. The first-order valence-electron chi connectivity index (χ1n) is 10.1. The summed E-state index contributed by atoms with van der Waals surface area (Å²) >= 11 is 5.63. The van der Waals surface area contributed by atoms with Crippen LogP contribution in [0.25, 0.3) is 0 Å². The number of nitrogens with zero attached hydrogens (tertiary/aromatic N) is 2. The maximum Gasteiger partial charge on any atom is 0.270 e. The third-order valence-corrected chi connectivity index (χ3v) is 6.27. The predicted molar refractivity (Wildman–Crippen MR) is 111 cm³/mol. The number of amides is 1. The Morgan fingerprint density at radius 2 is 2.03 bits per heavy atom. The lowest BCUT2D eigenvalue weighted by Crippen LogP contribution is -2.75. The van der Waals surface area contributed by atoms with E-state index < -0.39 is 5.82 Å². The van der Waals surface area contributed by atoms with Gasteiger partial charge in [0.1, 0.15) is 23.9 Å². The number of nitriles is 1. The Kier molecular flexibility index (Phi) is 5.67. The molecule has 31 heavy (non-hydrogen) atoms. The SMILES string of the molecule is N#CCCc1ccc(C(=O)NC23CC(CC(=O)COc4ccc(Cl)c(F)c4)(C2)C3)nc1. The number of carbonyl (C=O) groups excluding carboxylic acids is 2. The van der Waals surface area contributed by atoms with Crippen LogP contribution in [0, 0.1) is 22.6 Å². The minimum Gasteiger partial charge on any atom is -0.486 e. The number of hydrogen-bond acceptors (Lipinski definition) is 5. The van der Waals surface area contributed by atoms with Gasteiger partial charge in [-0.3, -0.25) is 14.6 Å². The number of pyridine rings is 1.